The minimum absolute atomic E-state index is 0.0284. The van der Waals surface area contributed by atoms with Crippen LogP contribution in [0.5, 0.6) is 0 Å². The third-order valence-corrected chi connectivity index (χ3v) is 4.20. The molecule has 0 bridgehead atoms. The van der Waals surface area contributed by atoms with E-state index in [1.54, 1.807) is 0 Å². The largest absolute Gasteiger partial charge is 0.378 e. The van der Waals surface area contributed by atoms with Crippen molar-refractivity contribution < 1.29 is 4.74 Å². The lowest BCUT2D eigenvalue weighted by Gasteiger charge is -2.24. The van der Waals surface area contributed by atoms with Crippen LogP contribution in [0, 0.1) is 19.8 Å². The number of rotatable bonds is 2. The Labute approximate surface area is 108 Å². The number of hydrogen-bond acceptors (Lipinski definition) is 2. The van der Waals surface area contributed by atoms with Crippen LogP contribution in [0.15, 0.2) is 12.1 Å². The zero-order valence-corrected chi connectivity index (χ0v) is 11.4. The minimum atomic E-state index is -0.0284. The normalized spacial score (nSPS) is 26.2. The zero-order chi connectivity index (χ0) is 12.6. The molecule has 2 rings (SSSR count). The van der Waals surface area contributed by atoms with Gasteiger partial charge in [0, 0.05) is 23.6 Å². The van der Waals surface area contributed by atoms with E-state index < -0.39 is 0 Å². The average Bonchev–Trinajstić information content (AvgIpc) is 2.69. The maximum absolute atomic E-state index is 6.35. The zero-order valence-electron chi connectivity index (χ0n) is 10.7. The van der Waals surface area contributed by atoms with Crippen LogP contribution in [0.25, 0.3) is 0 Å². The minimum Gasteiger partial charge on any atom is -0.378 e. The summed E-state index contributed by atoms with van der Waals surface area (Å²) in [6, 6.07) is 4.10. The van der Waals surface area contributed by atoms with E-state index in [4.69, 9.17) is 22.1 Å². The molecule has 94 valence electrons. The van der Waals surface area contributed by atoms with E-state index in [1.165, 1.54) is 11.1 Å². The second kappa shape index (κ2) is 4.97. The first-order valence-corrected chi connectivity index (χ1v) is 6.52. The Morgan fingerprint density at radius 3 is 2.59 bits per heavy atom. The van der Waals surface area contributed by atoms with E-state index in [0.29, 0.717) is 5.92 Å². The Balaban J connectivity index is 2.30. The van der Waals surface area contributed by atoms with Crippen molar-refractivity contribution >= 4 is 11.6 Å². The van der Waals surface area contributed by atoms with Crippen LogP contribution in [0.2, 0.25) is 5.02 Å². The molecule has 1 aromatic carbocycles. The van der Waals surface area contributed by atoms with Crippen molar-refractivity contribution in [2.45, 2.75) is 39.3 Å². The van der Waals surface area contributed by atoms with Gasteiger partial charge >= 0.3 is 0 Å². The van der Waals surface area contributed by atoms with E-state index in [0.717, 1.165) is 23.6 Å². The molecule has 1 aliphatic heterocycles. The molecule has 3 heteroatoms. The van der Waals surface area contributed by atoms with Crippen LogP contribution in [0.3, 0.4) is 0 Å². The van der Waals surface area contributed by atoms with Crippen LogP contribution in [0.4, 0.5) is 0 Å². The number of benzene rings is 1. The Hall–Kier alpha value is -0.570. The fourth-order valence-corrected chi connectivity index (χ4v) is 2.85. The van der Waals surface area contributed by atoms with Crippen LogP contribution in [-0.2, 0) is 4.74 Å². The Kier molecular flexibility index (Phi) is 3.76. The van der Waals surface area contributed by atoms with Crippen molar-refractivity contribution in [2.75, 3.05) is 6.61 Å². The Morgan fingerprint density at radius 2 is 2.00 bits per heavy atom. The third kappa shape index (κ3) is 2.49. The van der Waals surface area contributed by atoms with Crippen LogP contribution >= 0.6 is 11.6 Å². The van der Waals surface area contributed by atoms with Crippen molar-refractivity contribution in [1.82, 2.24) is 0 Å². The van der Waals surface area contributed by atoms with Gasteiger partial charge < -0.3 is 10.5 Å². The van der Waals surface area contributed by atoms with Crippen molar-refractivity contribution in [1.29, 1.82) is 0 Å². The predicted octanol–water partition coefficient (Wildman–Crippen LogP) is 3.38. The number of aryl methyl sites for hydroxylation is 2. The summed E-state index contributed by atoms with van der Waals surface area (Å²) in [7, 11) is 0. The van der Waals surface area contributed by atoms with Crippen molar-refractivity contribution in [3.63, 3.8) is 0 Å². The fourth-order valence-electron chi connectivity index (χ4n) is 2.51. The molecule has 0 spiro atoms. The van der Waals surface area contributed by atoms with Gasteiger partial charge in [-0.1, -0.05) is 17.7 Å². The molecular formula is C14H20ClNO. The molecule has 0 saturated carbocycles. The van der Waals surface area contributed by atoms with E-state index in [1.807, 2.05) is 6.07 Å². The van der Waals surface area contributed by atoms with E-state index in [9.17, 15) is 0 Å². The van der Waals surface area contributed by atoms with Gasteiger partial charge in [0.2, 0.25) is 0 Å². The molecule has 1 heterocycles. The Bertz CT molecular complexity index is 419. The molecule has 1 fully saturated rings. The van der Waals surface area contributed by atoms with Gasteiger partial charge in [0.15, 0.2) is 0 Å². The molecule has 0 radical (unpaired) electrons. The maximum Gasteiger partial charge on any atom is 0.0594 e. The van der Waals surface area contributed by atoms with Gasteiger partial charge in [0.05, 0.1) is 6.10 Å². The second-order valence-corrected chi connectivity index (χ2v) is 5.42. The summed E-state index contributed by atoms with van der Waals surface area (Å²) < 4.78 is 5.58. The highest BCUT2D eigenvalue weighted by molar-refractivity contribution is 6.31. The molecule has 3 unspecified atom stereocenters. The molecule has 0 amide bonds. The predicted molar refractivity (Wildman–Crippen MR) is 71.4 cm³/mol. The number of halogens is 1. The lowest BCUT2D eigenvalue weighted by molar-refractivity contribution is 0.0995. The molecule has 0 aromatic heterocycles. The van der Waals surface area contributed by atoms with Crippen molar-refractivity contribution in [3.8, 4) is 0 Å². The molecule has 1 aliphatic rings. The molecule has 2 N–H and O–H groups in total. The average molecular weight is 254 g/mol. The van der Waals surface area contributed by atoms with E-state index >= 15 is 0 Å². The monoisotopic (exact) mass is 253 g/mol. The SMILES string of the molecule is Cc1cc(Cl)c(C(N)C2CCOC2C)cc1C. The third-order valence-electron chi connectivity index (χ3n) is 3.87. The molecule has 1 aromatic rings. The van der Waals surface area contributed by atoms with E-state index in [-0.39, 0.29) is 12.1 Å². The van der Waals surface area contributed by atoms with Crippen molar-refractivity contribution in [2.24, 2.45) is 11.7 Å². The molecule has 3 atom stereocenters. The molecule has 0 aliphatic carbocycles. The van der Waals surface area contributed by atoms with Crippen molar-refractivity contribution in [3.05, 3.63) is 33.8 Å². The van der Waals surface area contributed by atoms with Gasteiger partial charge in [-0.15, -0.1) is 0 Å². The van der Waals surface area contributed by atoms with Gasteiger partial charge in [-0.05, 0) is 49.9 Å². The second-order valence-electron chi connectivity index (χ2n) is 5.01. The molecular weight excluding hydrogens is 234 g/mol. The number of ether oxygens (including phenoxy) is 1. The number of nitrogens with two attached hydrogens (primary N) is 1. The first-order chi connectivity index (χ1) is 8.00. The van der Waals surface area contributed by atoms with Crippen LogP contribution in [0.1, 0.15) is 36.1 Å². The lowest BCUT2D eigenvalue weighted by Crippen LogP contribution is -2.26. The lowest BCUT2D eigenvalue weighted by atomic mass is 9.88. The van der Waals surface area contributed by atoms with Crippen LogP contribution in [-0.4, -0.2) is 12.7 Å². The van der Waals surface area contributed by atoms with Gasteiger partial charge in [-0.3, -0.25) is 0 Å². The van der Waals surface area contributed by atoms with Crippen LogP contribution < -0.4 is 5.73 Å². The summed E-state index contributed by atoms with van der Waals surface area (Å²) in [5.74, 6) is 0.370. The topological polar surface area (TPSA) is 35.2 Å². The van der Waals surface area contributed by atoms with Gasteiger partial charge in [-0.2, -0.15) is 0 Å². The molecule has 1 saturated heterocycles. The summed E-state index contributed by atoms with van der Waals surface area (Å²) in [5.41, 5.74) is 9.85. The summed E-state index contributed by atoms with van der Waals surface area (Å²) in [6.45, 7) is 7.06. The molecule has 2 nitrogen and oxygen atoms in total. The van der Waals surface area contributed by atoms with Gasteiger partial charge in [0.25, 0.3) is 0 Å². The van der Waals surface area contributed by atoms with E-state index in [2.05, 4.69) is 26.8 Å². The highest BCUT2D eigenvalue weighted by Crippen LogP contribution is 2.35. The fraction of sp³-hybridized carbons (Fsp3) is 0.571. The summed E-state index contributed by atoms with van der Waals surface area (Å²) in [5, 5.41) is 0.778. The highest BCUT2D eigenvalue weighted by Gasteiger charge is 2.31. The first kappa shape index (κ1) is 12.9. The first-order valence-electron chi connectivity index (χ1n) is 6.14. The smallest absolute Gasteiger partial charge is 0.0594 e. The summed E-state index contributed by atoms with van der Waals surface area (Å²) >= 11 is 6.30. The molecule has 17 heavy (non-hydrogen) atoms. The summed E-state index contributed by atoms with van der Waals surface area (Å²) in [4.78, 5) is 0. The Morgan fingerprint density at radius 1 is 1.35 bits per heavy atom. The number of hydrogen-bond donors (Lipinski definition) is 1. The standard InChI is InChI=1S/C14H20ClNO/c1-8-6-12(13(15)7-9(8)2)14(16)11-4-5-17-10(11)3/h6-7,10-11,14H,4-5,16H2,1-3H3. The van der Waals surface area contributed by atoms with Gasteiger partial charge in [0.1, 0.15) is 0 Å². The quantitative estimate of drug-likeness (QED) is 0.877. The van der Waals surface area contributed by atoms with Gasteiger partial charge in [-0.25, -0.2) is 0 Å². The highest BCUT2D eigenvalue weighted by atomic mass is 35.5. The maximum atomic E-state index is 6.35. The summed E-state index contributed by atoms with van der Waals surface area (Å²) in [6.07, 6.45) is 1.24.